The summed E-state index contributed by atoms with van der Waals surface area (Å²) in [6.45, 7) is 7.50. The highest BCUT2D eigenvalue weighted by Crippen LogP contribution is 2.24. The molecule has 2 aliphatic rings. The van der Waals surface area contributed by atoms with Crippen molar-refractivity contribution >= 4 is 5.91 Å². The summed E-state index contributed by atoms with van der Waals surface area (Å²) in [5, 5.41) is 9.08. The number of carbonyl (C=O) groups excluding carboxylic acids is 1. The number of amides is 1. The molecule has 0 spiro atoms. The van der Waals surface area contributed by atoms with Crippen LogP contribution in [0.2, 0.25) is 0 Å². The highest BCUT2D eigenvalue weighted by Gasteiger charge is 2.36. The lowest BCUT2D eigenvalue weighted by molar-refractivity contribution is -0.129. The molecule has 16 heavy (non-hydrogen) atoms. The van der Waals surface area contributed by atoms with E-state index < -0.39 is 0 Å². The van der Waals surface area contributed by atoms with Crippen molar-refractivity contribution in [3.8, 4) is 0 Å². The molecule has 1 N–H and O–H groups in total. The minimum Gasteiger partial charge on any atom is -0.396 e. The van der Waals surface area contributed by atoms with Crippen LogP contribution in [0.15, 0.2) is 12.7 Å². The fraction of sp³-hybridized carbons (Fsp3) is 0.750. The second kappa shape index (κ2) is 4.97. The maximum atomic E-state index is 11.8. The van der Waals surface area contributed by atoms with Crippen LogP contribution in [0, 0.1) is 5.92 Å². The number of likely N-dealkylation sites (tertiary alicyclic amines) is 2. The number of hydrogen-bond acceptors (Lipinski definition) is 3. The summed E-state index contributed by atoms with van der Waals surface area (Å²) in [5.74, 6) is 0.366. The van der Waals surface area contributed by atoms with Crippen molar-refractivity contribution in [2.75, 3.05) is 32.8 Å². The van der Waals surface area contributed by atoms with Crippen LogP contribution in [0.25, 0.3) is 0 Å². The zero-order chi connectivity index (χ0) is 11.5. The Labute approximate surface area is 96.5 Å². The number of aliphatic hydroxyl groups excluding tert-OH is 1. The summed E-state index contributed by atoms with van der Waals surface area (Å²) in [5.41, 5.74) is 0. The molecular weight excluding hydrogens is 204 g/mol. The monoisotopic (exact) mass is 224 g/mol. The maximum Gasteiger partial charge on any atom is 0.223 e. The number of aliphatic hydroxyl groups is 1. The van der Waals surface area contributed by atoms with E-state index in [4.69, 9.17) is 5.11 Å². The van der Waals surface area contributed by atoms with Crippen molar-refractivity contribution in [1.29, 1.82) is 0 Å². The third-order valence-corrected chi connectivity index (χ3v) is 3.57. The first-order valence-electron chi connectivity index (χ1n) is 5.98. The van der Waals surface area contributed by atoms with E-state index in [1.54, 1.807) is 0 Å². The molecule has 0 aromatic carbocycles. The molecule has 2 fully saturated rings. The predicted molar refractivity (Wildman–Crippen MR) is 61.9 cm³/mol. The topological polar surface area (TPSA) is 43.8 Å². The van der Waals surface area contributed by atoms with E-state index in [0.29, 0.717) is 12.5 Å². The normalized spacial score (nSPS) is 31.3. The lowest BCUT2D eigenvalue weighted by Gasteiger charge is -2.24. The summed E-state index contributed by atoms with van der Waals surface area (Å²) in [7, 11) is 0. The molecule has 2 unspecified atom stereocenters. The minimum absolute atomic E-state index is 0.130. The smallest absolute Gasteiger partial charge is 0.223 e. The molecule has 2 atom stereocenters. The molecule has 1 amide bonds. The van der Waals surface area contributed by atoms with Crippen LogP contribution in [0.5, 0.6) is 0 Å². The maximum absolute atomic E-state index is 11.8. The van der Waals surface area contributed by atoms with Crippen LogP contribution < -0.4 is 0 Å². The van der Waals surface area contributed by atoms with Gasteiger partial charge in [0.05, 0.1) is 0 Å². The second-order valence-electron chi connectivity index (χ2n) is 4.79. The molecule has 0 saturated carbocycles. The summed E-state index contributed by atoms with van der Waals surface area (Å²) in [4.78, 5) is 16.1. The van der Waals surface area contributed by atoms with Crippen LogP contribution >= 0.6 is 0 Å². The molecule has 0 aromatic rings. The SMILES string of the molecule is C=CCN1CCC(N2CC(CO)CC2=O)C1. The third kappa shape index (κ3) is 2.28. The van der Waals surface area contributed by atoms with Gasteiger partial charge in [0.2, 0.25) is 5.91 Å². The first kappa shape index (κ1) is 11.6. The van der Waals surface area contributed by atoms with Crippen molar-refractivity contribution in [3.05, 3.63) is 12.7 Å². The van der Waals surface area contributed by atoms with Crippen molar-refractivity contribution in [1.82, 2.24) is 9.80 Å². The van der Waals surface area contributed by atoms with Gasteiger partial charge < -0.3 is 10.0 Å². The van der Waals surface area contributed by atoms with E-state index in [0.717, 1.165) is 32.6 Å². The first-order chi connectivity index (χ1) is 7.74. The Morgan fingerprint density at radius 1 is 1.50 bits per heavy atom. The van der Waals surface area contributed by atoms with Gasteiger partial charge in [0, 0.05) is 51.2 Å². The van der Waals surface area contributed by atoms with Gasteiger partial charge in [0.1, 0.15) is 0 Å². The molecule has 0 aromatic heterocycles. The van der Waals surface area contributed by atoms with Gasteiger partial charge in [-0.2, -0.15) is 0 Å². The van der Waals surface area contributed by atoms with Gasteiger partial charge >= 0.3 is 0 Å². The van der Waals surface area contributed by atoms with Crippen LogP contribution in [-0.4, -0.2) is 59.6 Å². The fourth-order valence-corrected chi connectivity index (χ4v) is 2.70. The summed E-state index contributed by atoms with van der Waals surface area (Å²) < 4.78 is 0. The second-order valence-corrected chi connectivity index (χ2v) is 4.79. The number of nitrogens with zero attached hydrogens (tertiary/aromatic N) is 2. The van der Waals surface area contributed by atoms with Gasteiger partial charge in [-0.25, -0.2) is 0 Å². The van der Waals surface area contributed by atoms with Crippen molar-refractivity contribution in [3.63, 3.8) is 0 Å². The van der Waals surface area contributed by atoms with E-state index in [9.17, 15) is 4.79 Å². The predicted octanol–water partition coefficient (Wildman–Crippen LogP) is 0.0875. The van der Waals surface area contributed by atoms with Crippen molar-refractivity contribution < 1.29 is 9.90 Å². The zero-order valence-electron chi connectivity index (χ0n) is 9.64. The number of carbonyl (C=O) groups is 1. The van der Waals surface area contributed by atoms with Gasteiger partial charge in [-0.15, -0.1) is 6.58 Å². The number of rotatable bonds is 4. The minimum atomic E-state index is 0.130. The summed E-state index contributed by atoms with van der Waals surface area (Å²) in [6, 6.07) is 0.351. The van der Waals surface area contributed by atoms with E-state index in [-0.39, 0.29) is 18.4 Å². The highest BCUT2D eigenvalue weighted by molar-refractivity contribution is 5.79. The zero-order valence-corrected chi connectivity index (χ0v) is 9.64. The molecule has 2 heterocycles. The van der Waals surface area contributed by atoms with Gasteiger partial charge in [-0.3, -0.25) is 9.69 Å². The standard InChI is InChI=1S/C12H20N2O2/c1-2-4-13-5-3-11(8-13)14-7-10(9-15)6-12(14)16/h2,10-11,15H,1,3-9H2. The van der Waals surface area contributed by atoms with E-state index in [2.05, 4.69) is 11.5 Å². The molecule has 90 valence electrons. The van der Waals surface area contributed by atoms with Crippen molar-refractivity contribution in [2.45, 2.75) is 18.9 Å². The number of hydrogen-bond donors (Lipinski definition) is 1. The van der Waals surface area contributed by atoms with Gasteiger partial charge in [0.15, 0.2) is 0 Å². The van der Waals surface area contributed by atoms with Crippen LogP contribution in [-0.2, 0) is 4.79 Å². The molecule has 0 aliphatic carbocycles. The molecule has 4 heteroatoms. The molecule has 0 radical (unpaired) electrons. The average Bonchev–Trinajstić information content (AvgIpc) is 2.85. The average molecular weight is 224 g/mol. The largest absolute Gasteiger partial charge is 0.396 e. The highest BCUT2D eigenvalue weighted by atomic mass is 16.3. The molecule has 2 saturated heterocycles. The Hall–Kier alpha value is -0.870. The Kier molecular flexibility index (Phi) is 3.61. The lowest BCUT2D eigenvalue weighted by atomic mass is 10.1. The van der Waals surface area contributed by atoms with E-state index in [1.165, 1.54) is 0 Å². The molecule has 2 rings (SSSR count). The summed E-state index contributed by atoms with van der Waals surface area (Å²) >= 11 is 0. The molecule has 2 aliphatic heterocycles. The lowest BCUT2D eigenvalue weighted by Crippen LogP contribution is -2.38. The summed E-state index contributed by atoms with van der Waals surface area (Å²) in [6.07, 6.45) is 3.48. The molecule has 4 nitrogen and oxygen atoms in total. The third-order valence-electron chi connectivity index (χ3n) is 3.57. The van der Waals surface area contributed by atoms with Gasteiger partial charge in [0.25, 0.3) is 0 Å². The Bertz CT molecular complexity index is 280. The van der Waals surface area contributed by atoms with Gasteiger partial charge in [-0.05, 0) is 6.42 Å². The fourth-order valence-electron chi connectivity index (χ4n) is 2.70. The molecule has 0 bridgehead atoms. The van der Waals surface area contributed by atoms with Crippen molar-refractivity contribution in [2.24, 2.45) is 5.92 Å². The molecular formula is C12H20N2O2. The van der Waals surface area contributed by atoms with Crippen LogP contribution in [0.3, 0.4) is 0 Å². The Morgan fingerprint density at radius 3 is 2.94 bits per heavy atom. The first-order valence-corrected chi connectivity index (χ1v) is 5.98. The van der Waals surface area contributed by atoms with E-state index in [1.807, 2.05) is 11.0 Å². The Balaban J connectivity index is 1.89. The Morgan fingerprint density at radius 2 is 2.31 bits per heavy atom. The van der Waals surface area contributed by atoms with Gasteiger partial charge in [-0.1, -0.05) is 6.08 Å². The van der Waals surface area contributed by atoms with E-state index >= 15 is 0 Å². The van der Waals surface area contributed by atoms with Crippen LogP contribution in [0.1, 0.15) is 12.8 Å². The van der Waals surface area contributed by atoms with Crippen LogP contribution in [0.4, 0.5) is 0 Å². The quantitative estimate of drug-likeness (QED) is 0.688.